The zero-order valence-electron chi connectivity index (χ0n) is 12.3. The van der Waals surface area contributed by atoms with Crippen LogP contribution >= 0.6 is 11.6 Å². The lowest BCUT2D eigenvalue weighted by Gasteiger charge is -2.02. The zero-order chi connectivity index (χ0) is 16.2. The van der Waals surface area contributed by atoms with E-state index >= 15 is 0 Å². The number of benzene rings is 2. The van der Waals surface area contributed by atoms with Crippen molar-refractivity contribution in [3.05, 3.63) is 70.6 Å². The molecule has 1 aromatic heterocycles. The van der Waals surface area contributed by atoms with Gasteiger partial charge in [-0.1, -0.05) is 29.3 Å². The maximum atomic E-state index is 11.9. The highest BCUT2D eigenvalue weighted by molar-refractivity contribution is 6.30. The van der Waals surface area contributed by atoms with Crippen LogP contribution in [0.15, 0.2) is 52.9 Å². The first-order chi connectivity index (χ1) is 11.1. The van der Waals surface area contributed by atoms with E-state index in [1.54, 1.807) is 24.3 Å². The molecule has 0 aliphatic heterocycles. The van der Waals surface area contributed by atoms with Crippen LogP contribution in [0.5, 0.6) is 0 Å². The van der Waals surface area contributed by atoms with Gasteiger partial charge in [0.2, 0.25) is 5.89 Å². The molecule has 0 unspecified atom stereocenters. The molecule has 0 saturated carbocycles. The summed E-state index contributed by atoms with van der Waals surface area (Å²) in [5, 5.41) is 8.41. The number of esters is 1. The van der Waals surface area contributed by atoms with Gasteiger partial charge in [-0.25, -0.2) is 4.79 Å². The van der Waals surface area contributed by atoms with Gasteiger partial charge in [0.1, 0.15) is 0 Å². The molecule has 0 spiro atoms. The molecule has 6 heteroatoms. The second kappa shape index (κ2) is 6.62. The van der Waals surface area contributed by atoms with Gasteiger partial charge >= 0.3 is 5.97 Å². The van der Waals surface area contributed by atoms with Crippen molar-refractivity contribution in [3.8, 4) is 11.5 Å². The largest absolute Gasteiger partial charge is 0.452 e. The molecule has 116 valence electrons. The van der Waals surface area contributed by atoms with Crippen molar-refractivity contribution < 1.29 is 13.9 Å². The Morgan fingerprint density at radius 2 is 1.96 bits per heavy atom. The normalized spacial score (nSPS) is 10.5. The minimum absolute atomic E-state index is 0.0831. The molecular weight excluding hydrogens is 316 g/mol. The summed E-state index contributed by atoms with van der Waals surface area (Å²) >= 11 is 5.78. The maximum Gasteiger partial charge on any atom is 0.338 e. The number of ether oxygens (including phenoxy) is 1. The van der Waals surface area contributed by atoms with Crippen LogP contribution in [0.25, 0.3) is 11.5 Å². The smallest absolute Gasteiger partial charge is 0.338 e. The van der Waals surface area contributed by atoms with Gasteiger partial charge in [0, 0.05) is 10.6 Å². The van der Waals surface area contributed by atoms with Gasteiger partial charge in [0.25, 0.3) is 5.89 Å². The van der Waals surface area contributed by atoms with E-state index in [-0.39, 0.29) is 12.5 Å². The van der Waals surface area contributed by atoms with E-state index in [1.165, 1.54) is 0 Å². The lowest BCUT2D eigenvalue weighted by molar-refractivity contribution is 0.0438. The number of halogens is 1. The van der Waals surface area contributed by atoms with Crippen LogP contribution in [-0.2, 0) is 11.3 Å². The third-order valence-electron chi connectivity index (χ3n) is 3.14. The van der Waals surface area contributed by atoms with E-state index in [4.69, 9.17) is 20.8 Å². The first-order valence-corrected chi connectivity index (χ1v) is 7.32. The van der Waals surface area contributed by atoms with Gasteiger partial charge in [-0.2, -0.15) is 0 Å². The van der Waals surface area contributed by atoms with Crippen LogP contribution < -0.4 is 0 Å². The Hall–Kier alpha value is -2.66. The number of carbonyl (C=O) groups excluding carboxylic acids is 1. The SMILES string of the molecule is Cc1cccc(-c2nnc(COC(=O)c3ccc(Cl)cc3)o2)c1. The molecule has 0 aliphatic carbocycles. The minimum atomic E-state index is -0.475. The molecule has 3 aromatic rings. The van der Waals surface area contributed by atoms with Gasteiger partial charge in [0.05, 0.1) is 5.56 Å². The summed E-state index contributed by atoms with van der Waals surface area (Å²) in [7, 11) is 0. The van der Waals surface area contributed by atoms with E-state index in [2.05, 4.69) is 10.2 Å². The fourth-order valence-electron chi connectivity index (χ4n) is 2.00. The molecule has 3 rings (SSSR count). The molecule has 1 heterocycles. The van der Waals surface area contributed by atoms with Crippen molar-refractivity contribution in [2.45, 2.75) is 13.5 Å². The predicted octanol–water partition coefficient (Wildman–Crippen LogP) is 4.06. The summed E-state index contributed by atoms with van der Waals surface area (Å²) in [6, 6.07) is 14.2. The van der Waals surface area contributed by atoms with Gasteiger partial charge in [-0.3, -0.25) is 0 Å². The molecular formula is C17H13ClN2O3. The lowest BCUT2D eigenvalue weighted by atomic mass is 10.1. The Morgan fingerprint density at radius 1 is 1.17 bits per heavy atom. The quantitative estimate of drug-likeness (QED) is 0.676. The molecule has 5 nitrogen and oxygen atoms in total. The van der Waals surface area contributed by atoms with Crippen LogP contribution in [0, 0.1) is 6.92 Å². The van der Waals surface area contributed by atoms with Gasteiger partial charge in [0.15, 0.2) is 6.61 Å². The lowest BCUT2D eigenvalue weighted by Crippen LogP contribution is -2.05. The summed E-state index contributed by atoms with van der Waals surface area (Å²) in [5.74, 6) is 0.159. The monoisotopic (exact) mass is 328 g/mol. The van der Waals surface area contributed by atoms with Crippen LogP contribution in [0.4, 0.5) is 0 Å². The highest BCUT2D eigenvalue weighted by Gasteiger charge is 2.12. The molecule has 0 amide bonds. The van der Waals surface area contributed by atoms with Crippen LogP contribution in [-0.4, -0.2) is 16.2 Å². The third-order valence-corrected chi connectivity index (χ3v) is 3.39. The number of carbonyl (C=O) groups is 1. The Labute approximate surface area is 137 Å². The number of aryl methyl sites for hydroxylation is 1. The number of hydrogen-bond acceptors (Lipinski definition) is 5. The number of aromatic nitrogens is 2. The van der Waals surface area contributed by atoms with Crippen LogP contribution in [0.2, 0.25) is 5.02 Å². The second-order valence-corrected chi connectivity index (χ2v) is 5.39. The van der Waals surface area contributed by atoms with Crippen molar-refractivity contribution >= 4 is 17.6 Å². The van der Waals surface area contributed by atoms with Crippen molar-refractivity contribution in [3.63, 3.8) is 0 Å². The number of hydrogen-bond donors (Lipinski definition) is 0. The van der Waals surface area contributed by atoms with E-state index < -0.39 is 5.97 Å². The number of nitrogens with zero attached hydrogens (tertiary/aromatic N) is 2. The zero-order valence-corrected chi connectivity index (χ0v) is 13.1. The van der Waals surface area contributed by atoms with E-state index in [9.17, 15) is 4.79 Å². The number of rotatable bonds is 4. The first-order valence-electron chi connectivity index (χ1n) is 6.94. The summed E-state index contributed by atoms with van der Waals surface area (Å²) in [6.45, 7) is 1.90. The molecule has 0 N–H and O–H groups in total. The van der Waals surface area contributed by atoms with Crippen LogP contribution in [0.3, 0.4) is 0 Å². The predicted molar refractivity (Wildman–Crippen MR) is 85.0 cm³/mol. The van der Waals surface area contributed by atoms with Gasteiger partial charge in [-0.15, -0.1) is 10.2 Å². The Bertz CT molecular complexity index is 828. The van der Waals surface area contributed by atoms with Gasteiger partial charge < -0.3 is 9.15 Å². The summed E-state index contributed by atoms with van der Waals surface area (Å²) in [4.78, 5) is 11.9. The minimum Gasteiger partial charge on any atom is -0.452 e. The van der Waals surface area contributed by atoms with Crippen LogP contribution in [0.1, 0.15) is 21.8 Å². The molecule has 0 fully saturated rings. The topological polar surface area (TPSA) is 65.2 Å². The fraction of sp³-hybridized carbons (Fsp3) is 0.118. The molecule has 2 aromatic carbocycles. The van der Waals surface area contributed by atoms with Crippen molar-refractivity contribution in [2.24, 2.45) is 0 Å². The standard InChI is InChI=1S/C17H13ClN2O3/c1-11-3-2-4-13(9-11)16-20-19-15(23-16)10-22-17(21)12-5-7-14(18)8-6-12/h2-9H,10H2,1H3. The summed E-state index contributed by atoms with van der Waals surface area (Å²) < 4.78 is 10.7. The molecule has 0 radical (unpaired) electrons. The average Bonchev–Trinajstić information content (AvgIpc) is 3.02. The molecule has 0 atom stereocenters. The summed E-state index contributed by atoms with van der Waals surface area (Å²) in [5.41, 5.74) is 2.33. The third kappa shape index (κ3) is 3.76. The van der Waals surface area contributed by atoms with Gasteiger partial charge in [-0.05, 0) is 43.3 Å². The highest BCUT2D eigenvalue weighted by atomic mass is 35.5. The molecule has 23 heavy (non-hydrogen) atoms. The van der Waals surface area contributed by atoms with Crippen molar-refractivity contribution in [1.29, 1.82) is 0 Å². The van der Waals surface area contributed by atoms with E-state index in [0.29, 0.717) is 16.5 Å². The summed E-state index contributed by atoms with van der Waals surface area (Å²) in [6.07, 6.45) is 0. The molecule has 0 aliphatic rings. The van der Waals surface area contributed by atoms with Crippen molar-refractivity contribution in [1.82, 2.24) is 10.2 Å². The maximum absolute atomic E-state index is 11.9. The highest BCUT2D eigenvalue weighted by Crippen LogP contribution is 2.19. The Morgan fingerprint density at radius 3 is 2.70 bits per heavy atom. The van der Waals surface area contributed by atoms with E-state index in [0.717, 1.165) is 11.1 Å². The second-order valence-electron chi connectivity index (χ2n) is 4.95. The Balaban J connectivity index is 1.65. The average molecular weight is 329 g/mol. The fourth-order valence-corrected chi connectivity index (χ4v) is 2.13. The van der Waals surface area contributed by atoms with E-state index in [1.807, 2.05) is 31.2 Å². The first kappa shape index (κ1) is 15.2. The Kier molecular flexibility index (Phi) is 4.39. The van der Waals surface area contributed by atoms with Crippen molar-refractivity contribution in [2.75, 3.05) is 0 Å². The molecule has 0 saturated heterocycles. The molecule has 0 bridgehead atoms.